The van der Waals surface area contributed by atoms with Crippen LogP contribution in [-0.4, -0.2) is 79.0 Å². The molecule has 0 aliphatic heterocycles. The van der Waals surface area contributed by atoms with Crippen molar-refractivity contribution in [1.82, 2.24) is 4.31 Å². The van der Waals surface area contributed by atoms with Crippen LogP contribution in [0.3, 0.4) is 0 Å². The molecule has 0 aromatic heterocycles. The molecule has 0 saturated heterocycles. The first kappa shape index (κ1) is 30.3. The second-order valence-corrected chi connectivity index (χ2v) is 8.43. The van der Waals surface area contributed by atoms with Gasteiger partial charge in [0.05, 0.1) is 22.0 Å². The maximum atomic E-state index is 13.6. The topological polar surface area (TPSA) is 115 Å². The van der Waals surface area contributed by atoms with E-state index < -0.39 is 72.7 Å². The third-order valence-electron chi connectivity index (χ3n) is 2.94. The summed E-state index contributed by atoms with van der Waals surface area (Å²) in [4.78, 5) is 0. The van der Waals surface area contributed by atoms with E-state index >= 15 is 0 Å². The Bertz CT molecular complexity index is 740. The third-order valence-corrected chi connectivity index (χ3v) is 5.73. The van der Waals surface area contributed by atoms with E-state index in [0.717, 1.165) is 0 Å². The molecule has 0 heterocycles. The van der Waals surface area contributed by atoms with Gasteiger partial charge in [0.15, 0.2) is 0 Å². The molecule has 7 nitrogen and oxygen atoms in total. The molecule has 1 unspecified atom stereocenters. The van der Waals surface area contributed by atoms with Crippen molar-refractivity contribution in [2.45, 2.75) is 36.3 Å². The second-order valence-electron chi connectivity index (χ2n) is 5.00. The van der Waals surface area contributed by atoms with Crippen molar-refractivity contribution in [3.63, 3.8) is 0 Å². The van der Waals surface area contributed by atoms with E-state index in [1.807, 2.05) is 0 Å². The first-order chi connectivity index (χ1) is 11.6. The molecule has 19 heteroatoms. The van der Waals surface area contributed by atoms with Crippen molar-refractivity contribution in [2.24, 2.45) is 0 Å². The molecule has 0 radical (unpaired) electrons. The van der Waals surface area contributed by atoms with Crippen LogP contribution in [0.2, 0.25) is 0 Å². The fourth-order valence-corrected chi connectivity index (χ4v) is 3.67. The predicted octanol–water partition coefficient (Wildman–Crippen LogP) is -2.03. The summed E-state index contributed by atoms with van der Waals surface area (Å²) in [5.41, 5.74) is 0. The number of nitrogens with zero attached hydrogens (tertiary/aromatic N) is 1. The van der Waals surface area contributed by atoms with Crippen molar-refractivity contribution < 1.29 is 95.6 Å². The van der Waals surface area contributed by atoms with E-state index in [4.69, 9.17) is 5.11 Å². The number of rotatable bonds is 9. The molecule has 0 rings (SSSR count). The molecule has 0 amide bonds. The normalized spacial score (nSPS) is 16.0. The van der Waals surface area contributed by atoms with Gasteiger partial charge in [-0.2, -0.15) is 43.8 Å². The average Bonchev–Trinajstić information content (AvgIpc) is 2.40. The standard InChI is InChI=1S/C9H12F9NO6S2.Na/c1-2-19(3-5(20)4-26(21,22)23)27(24,25)9(17,18)7(12,13)6(10,11)8(14,15)16;/h5,20H,2-4H2,1H3,(H,21,22,23);/q;+1/p-1. The van der Waals surface area contributed by atoms with Crippen molar-refractivity contribution in [2.75, 3.05) is 18.8 Å². The van der Waals surface area contributed by atoms with E-state index in [9.17, 15) is 60.9 Å². The molecule has 0 aliphatic rings. The van der Waals surface area contributed by atoms with Gasteiger partial charge in [-0.1, -0.05) is 6.92 Å². The molecule has 164 valence electrons. The SMILES string of the molecule is CCN(CC(O)CS(=O)(=O)[O-])S(=O)(=O)C(F)(F)C(F)(F)C(F)(F)C(F)(F)F.[Na+]. The summed E-state index contributed by atoms with van der Waals surface area (Å²) in [7, 11) is -12.2. The second kappa shape index (κ2) is 9.11. The summed E-state index contributed by atoms with van der Waals surface area (Å²) in [6, 6.07) is 0. The Balaban J connectivity index is 0. The number of halogens is 9. The van der Waals surface area contributed by atoms with Crippen molar-refractivity contribution in [3.05, 3.63) is 0 Å². The van der Waals surface area contributed by atoms with Gasteiger partial charge in [0.25, 0.3) is 10.0 Å². The van der Waals surface area contributed by atoms with Crippen molar-refractivity contribution in [1.29, 1.82) is 0 Å². The monoisotopic (exact) mass is 487 g/mol. The van der Waals surface area contributed by atoms with Gasteiger partial charge in [0.2, 0.25) is 0 Å². The predicted molar refractivity (Wildman–Crippen MR) is 67.6 cm³/mol. The number of sulfonamides is 1. The maximum absolute atomic E-state index is 13.6. The van der Waals surface area contributed by atoms with E-state index in [-0.39, 0.29) is 29.6 Å². The molecule has 0 bridgehead atoms. The number of alkyl halides is 9. The van der Waals surface area contributed by atoms with Crippen molar-refractivity contribution in [3.8, 4) is 0 Å². The molecule has 1 N–H and O–H groups in total. The van der Waals surface area contributed by atoms with E-state index in [2.05, 4.69) is 0 Å². The quantitative estimate of drug-likeness (QED) is 0.228. The number of likely N-dealkylation sites (N-methyl/N-ethyl adjacent to an activating group) is 1. The van der Waals surface area contributed by atoms with Crippen LogP contribution in [0.1, 0.15) is 6.92 Å². The minimum Gasteiger partial charge on any atom is -0.748 e. The first-order valence-electron chi connectivity index (χ1n) is 6.37. The minimum absolute atomic E-state index is 0. The molecule has 0 saturated carbocycles. The molecular weight excluding hydrogens is 476 g/mol. The molecule has 28 heavy (non-hydrogen) atoms. The van der Waals surface area contributed by atoms with Gasteiger partial charge in [-0.3, -0.25) is 0 Å². The summed E-state index contributed by atoms with van der Waals surface area (Å²) in [5.74, 6) is -16.7. The number of hydrogen-bond donors (Lipinski definition) is 1. The molecule has 0 aromatic carbocycles. The fraction of sp³-hybridized carbons (Fsp3) is 1.00. The zero-order valence-corrected chi connectivity index (χ0v) is 17.5. The van der Waals surface area contributed by atoms with Crippen LogP contribution in [0.5, 0.6) is 0 Å². The average molecular weight is 487 g/mol. The van der Waals surface area contributed by atoms with Crippen LogP contribution in [0.15, 0.2) is 0 Å². The fourth-order valence-electron chi connectivity index (χ4n) is 1.61. The van der Waals surface area contributed by atoms with E-state index in [1.54, 1.807) is 0 Å². The van der Waals surface area contributed by atoms with Crippen LogP contribution in [0.25, 0.3) is 0 Å². The largest absolute Gasteiger partial charge is 1.00 e. The summed E-state index contributed by atoms with van der Waals surface area (Å²) >= 11 is 0. The number of aliphatic hydroxyl groups excluding tert-OH is 1. The Labute approximate surface area is 175 Å². The Morgan fingerprint density at radius 2 is 1.32 bits per heavy atom. The molecule has 0 aliphatic carbocycles. The van der Waals surface area contributed by atoms with E-state index in [1.165, 1.54) is 0 Å². The van der Waals surface area contributed by atoms with Crippen LogP contribution in [0.4, 0.5) is 39.5 Å². The van der Waals surface area contributed by atoms with Crippen LogP contribution < -0.4 is 29.6 Å². The van der Waals surface area contributed by atoms with Crippen LogP contribution >= 0.6 is 0 Å². The van der Waals surface area contributed by atoms with Gasteiger partial charge in [-0.05, 0) is 0 Å². The first-order valence-corrected chi connectivity index (χ1v) is 9.39. The summed E-state index contributed by atoms with van der Waals surface area (Å²) in [6.07, 6.45) is -9.81. The Hall–Kier alpha value is 0.150. The Morgan fingerprint density at radius 1 is 0.929 bits per heavy atom. The Kier molecular flexibility index (Phi) is 9.87. The van der Waals surface area contributed by atoms with Crippen LogP contribution in [-0.2, 0) is 20.1 Å². The van der Waals surface area contributed by atoms with Gasteiger partial charge >= 0.3 is 52.8 Å². The number of aliphatic hydroxyl groups is 1. The van der Waals surface area contributed by atoms with Gasteiger partial charge in [0, 0.05) is 13.1 Å². The molecule has 0 fully saturated rings. The van der Waals surface area contributed by atoms with Crippen LogP contribution in [0, 0.1) is 0 Å². The van der Waals surface area contributed by atoms with Gasteiger partial charge in [0.1, 0.15) is 0 Å². The minimum atomic E-state index is -7.47. The third kappa shape index (κ3) is 5.86. The van der Waals surface area contributed by atoms with E-state index in [0.29, 0.717) is 6.92 Å². The zero-order valence-electron chi connectivity index (χ0n) is 13.9. The summed E-state index contributed by atoms with van der Waals surface area (Å²) in [6.45, 7) is -2.42. The summed E-state index contributed by atoms with van der Waals surface area (Å²) in [5, 5.41) is 2.14. The van der Waals surface area contributed by atoms with Crippen molar-refractivity contribution >= 4 is 20.1 Å². The van der Waals surface area contributed by atoms with Gasteiger partial charge < -0.3 is 9.66 Å². The maximum Gasteiger partial charge on any atom is 1.00 e. The summed E-state index contributed by atoms with van der Waals surface area (Å²) < 4.78 is 169. The smallest absolute Gasteiger partial charge is 0.748 e. The number of hydrogen-bond acceptors (Lipinski definition) is 6. The van der Waals surface area contributed by atoms with Gasteiger partial charge in [-0.15, -0.1) is 0 Å². The molecule has 1 atom stereocenters. The molecular formula is C9H11F9NNaO6S2. The molecule has 0 spiro atoms. The molecule has 0 aromatic rings. The van der Waals surface area contributed by atoms with Gasteiger partial charge in [-0.25, -0.2) is 16.8 Å². The Morgan fingerprint density at radius 3 is 1.61 bits per heavy atom. The zero-order chi connectivity index (χ0) is 22.3.